The number of benzene rings is 2. The molecule has 4 aromatic rings. The fraction of sp³-hybridized carbons (Fsp3) is 0.200. The highest BCUT2D eigenvalue weighted by atomic mass is 16.5. The first-order chi connectivity index (χ1) is 17.2. The Hall–Kier alpha value is -4.80. The highest BCUT2D eigenvalue weighted by Gasteiger charge is 2.26. The average Bonchev–Trinajstić information content (AvgIpc) is 2.89. The Labute approximate surface area is 205 Å². The van der Waals surface area contributed by atoms with Crippen LogP contribution >= 0.6 is 0 Å². The van der Waals surface area contributed by atoms with Gasteiger partial charge >= 0.3 is 5.69 Å². The van der Waals surface area contributed by atoms with E-state index in [1.54, 1.807) is 42.5 Å². The Morgan fingerprint density at radius 3 is 2.19 bits per heavy atom. The SMILES string of the molecule is COc1ccc(NC(=O)c2c(N)nc3c(c2-c2ccc(OC)c(OC)c2)c(=O)n(C)c(=O)n3C)cc1. The molecule has 0 radical (unpaired) electrons. The molecule has 2 aromatic carbocycles. The van der Waals surface area contributed by atoms with Gasteiger partial charge in [-0.15, -0.1) is 0 Å². The van der Waals surface area contributed by atoms with Gasteiger partial charge in [-0.1, -0.05) is 6.07 Å². The average molecular weight is 492 g/mol. The molecule has 186 valence electrons. The normalized spacial score (nSPS) is 10.8. The van der Waals surface area contributed by atoms with Gasteiger partial charge in [0.25, 0.3) is 11.5 Å². The molecule has 0 atom stereocenters. The minimum absolute atomic E-state index is 0.0266. The van der Waals surface area contributed by atoms with Gasteiger partial charge in [0.1, 0.15) is 11.6 Å². The maximum atomic E-state index is 13.6. The summed E-state index contributed by atoms with van der Waals surface area (Å²) in [4.78, 5) is 43.8. The van der Waals surface area contributed by atoms with Crippen molar-refractivity contribution in [2.75, 3.05) is 32.4 Å². The van der Waals surface area contributed by atoms with Gasteiger partial charge in [-0.2, -0.15) is 0 Å². The molecule has 36 heavy (non-hydrogen) atoms. The molecule has 0 fully saturated rings. The second kappa shape index (κ2) is 9.45. The quantitative estimate of drug-likeness (QED) is 0.418. The smallest absolute Gasteiger partial charge is 0.332 e. The highest BCUT2D eigenvalue weighted by Crippen LogP contribution is 2.37. The van der Waals surface area contributed by atoms with E-state index in [-0.39, 0.29) is 28.0 Å². The highest BCUT2D eigenvalue weighted by molar-refractivity contribution is 6.16. The van der Waals surface area contributed by atoms with E-state index in [4.69, 9.17) is 19.9 Å². The molecule has 0 saturated carbocycles. The number of methoxy groups -OCH3 is 3. The summed E-state index contributed by atoms with van der Waals surface area (Å²) >= 11 is 0. The topological polar surface area (TPSA) is 140 Å². The predicted molar refractivity (Wildman–Crippen MR) is 136 cm³/mol. The van der Waals surface area contributed by atoms with E-state index in [0.29, 0.717) is 28.5 Å². The number of nitrogen functional groups attached to an aromatic ring is 1. The van der Waals surface area contributed by atoms with Crippen LogP contribution in [0.4, 0.5) is 11.5 Å². The lowest BCUT2D eigenvalue weighted by molar-refractivity contribution is 0.102. The first-order valence-corrected chi connectivity index (χ1v) is 10.8. The van der Waals surface area contributed by atoms with Gasteiger partial charge in [-0.05, 0) is 42.0 Å². The van der Waals surface area contributed by atoms with E-state index in [0.717, 1.165) is 4.57 Å². The van der Waals surface area contributed by atoms with Crippen LogP contribution in [0.5, 0.6) is 17.2 Å². The van der Waals surface area contributed by atoms with E-state index < -0.39 is 17.2 Å². The number of amides is 1. The summed E-state index contributed by atoms with van der Waals surface area (Å²) in [5.74, 6) is 0.712. The fourth-order valence-corrected chi connectivity index (χ4v) is 3.98. The van der Waals surface area contributed by atoms with Crippen molar-refractivity contribution >= 4 is 28.4 Å². The zero-order valence-corrected chi connectivity index (χ0v) is 20.4. The van der Waals surface area contributed by atoms with Crippen LogP contribution in [-0.4, -0.2) is 41.4 Å². The second-order valence-corrected chi connectivity index (χ2v) is 7.90. The summed E-state index contributed by atoms with van der Waals surface area (Å²) in [5.41, 5.74) is 6.24. The lowest BCUT2D eigenvalue weighted by Gasteiger charge is -2.18. The molecule has 0 spiro atoms. The summed E-state index contributed by atoms with van der Waals surface area (Å²) in [6.45, 7) is 0. The maximum Gasteiger partial charge on any atom is 0.332 e. The number of nitrogens with one attached hydrogen (secondary N) is 1. The van der Waals surface area contributed by atoms with E-state index in [1.807, 2.05) is 0 Å². The van der Waals surface area contributed by atoms with Crippen LogP contribution in [0, 0.1) is 0 Å². The molecule has 0 aliphatic rings. The molecule has 0 saturated heterocycles. The van der Waals surface area contributed by atoms with E-state index >= 15 is 0 Å². The molecular formula is C25H25N5O6. The number of ether oxygens (including phenoxy) is 3. The lowest BCUT2D eigenvalue weighted by atomic mass is 9.96. The van der Waals surface area contributed by atoms with Crippen molar-refractivity contribution in [3.8, 4) is 28.4 Å². The number of rotatable bonds is 6. The molecular weight excluding hydrogens is 466 g/mol. The van der Waals surface area contributed by atoms with Crippen molar-refractivity contribution < 1.29 is 19.0 Å². The number of fused-ring (bicyclic) bond motifs is 1. The minimum atomic E-state index is -0.621. The summed E-state index contributed by atoms with van der Waals surface area (Å²) in [6.07, 6.45) is 0. The number of anilines is 2. The van der Waals surface area contributed by atoms with Crippen molar-refractivity contribution in [3.63, 3.8) is 0 Å². The number of hydrogen-bond acceptors (Lipinski definition) is 8. The first kappa shape index (κ1) is 24.3. The fourth-order valence-electron chi connectivity index (χ4n) is 3.98. The minimum Gasteiger partial charge on any atom is -0.497 e. The zero-order chi connectivity index (χ0) is 26.1. The van der Waals surface area contributed by atoms with Gasteiger partial charge in [0.05, 0.1) is 32.3 Å². The van der Waals surface area contributed by atoms with Crippen LogP contribution in [-0.2, 0) is 14.1 Å². The van der Waals surface area contributed by atoms with Crippen LogP contribution in [0.15, 0.2) is 52.1 Å². The molecule has 0 bridgehead atoms. The number of nitrogens with two attached hydrogens (primary N) is 1. The largest absolute Gasteiger partial charge is 0.497 e. The number of carbonyl (C=O) groups excluding carboxylic acids is 1. The van der Waals surface area contributed by atoms with Gasteiger partial charge in [0.2, 0.25) is 0 Å². The summed E-state index contributed by atoms with van der Waals surface area (Å²) < 4.78 is 18.1. The van der Waals surface area contributed by atoms with Crippen LogP contribution in [0.25, 0.3) is 22.2 Å². The summed E-state index contributed by atoms with van der Waals surface area (Å²) in [7, 11) is 7.34. The van der Waals surface area contributed by atoms with Crippen LogP contribution in [0.3, 0.4) is 0 Å². The predicted octanol–water partition coefficient (Wildman–Crippen LogP) is 2.16. The molecule has 4 rings (SSSR count). The molecule has 0 aliphatic carbocycles. The van der Waals surface area contributed by atoms with Crippen LogP contribution in [0.1, 0.15) is 10.4 Å². The van der Waals surface area contributed by atoms with E-state index in [2.05, 4.69) is 10.3 Å². The third-order valence-electron chi connectivity index (χ3n) is 5.86. The van der Waals surface area contributed by atoms with E-state index in [9.17, 15) is 14.4 Å². The number of aromatic nitrogens is 3. The number of pyridine rings is 1. The number of nitrogens with zero attached hydrogens (tertiary/aromatic N) is 3. The molecule has 11 nitrogen and oxygen atoms in total. The summed E-state index contributed by atoms with van der Waals surface area (Å²) in [5, 5.41) is 2.85. The molecule has 3 N–H and O–H groups in total. The van der Waals surface area contributed by atoms with Crippen molar-refractivity contribution in [3.05, 3.63) is 68.9 Å². The second-order valence-electron chi connectivity index (χ2n) is 7.90. The molecule has 2 heterocycles. The Bertz CT molecular complexity index is 1610. The first-order valence-electron chi connectivity index (χ1n) is 10.8. The van der Waals surface area contributed by atoms with Crippen LogP contribution in [0.2, 0.25) is 0 Å². The van der Waals surface area contributed by atoms with Crippen molar-refractivity contribution in [1.82, 2.24) is 14.1 Å². The standard InChI is InChI=1S/C25H25N5O6/c1-29-22-20(24(32)30(2)25(29)33)18(13-6-11-16(35-4)17(12-13)36-5)19(21(26)28-22)23(31)27-14-7-9-15(34-3)10-8-14/h6-12H,1-5H3,(H2,26,28)(H,27,31). The van der Waals surface area contributed by atoms with Crippen molar-refractivity contribution in [2.45, 2.75) is 0 Å². The number of aryl methyl sites for hydroxylation is 1. The maximum absolute atomic E-state index is 13.6. The van der Waals surface area contributed by atoms with Crippen molar-refractivity contribution in [1.29, 1.82) is 0 Å². The Morgan fingerprint density at radius 2 is 1.58 bits per heavy atom. The van der Waals surface area contributed by atoms with Crippen LogP contribution < -0.4 is 36.5 Å². The molecule has 11 heteroatoms. The van der Waals surface area contributed by atoms with Gasteiger partial charge in [0.15, 0.2) is 17.1 Å². The summed E-state index contributed by atoms with van der Waals surface area (Å²) in [6, 6.07) is 11.7. The monoisotopic (exact) mass is 491 g/mol. The van der Waals surface area contributed by atoms with Gasteiger partial charge in [-0.25, -0.2) is 9.78 Å². The molecule has 2 aromatic heterocycles. The van der Waals surface area contributed by atoms with Gasteiger partial charge in [0, 0.05) is 25.3 Å². The number of hydrogen-bond donors (Lipinski definition) is 2. The molecule has 0 aliphatic heterocycles. The third kappa shape index (κ3) is 4.00. The molecule has 0 unspecified atom stereocenters. The van der Waals surface area contributed by atoms with Gasteiger partial charge in [-0.3, -0.25) is 18.7 Å². The van der Waals surface area contributed by atoms with E-state index in [1.165, 1.54) is 40.0 Å². The zero-order valence-electron chi connectivity index (χ0n) is 20.4. The lowest BCUT2D eigenvalue weighted by Crippen LogP contribution is -2.38. The Kier molecular flexibility index (Phi) is 6.39. The number of carbonyl (C=O) groups is 1. The Morgan fingerprint density at radius 1 is 0.917 bits per heavy atom. The third-order valence-corrected chi connectivity index (χ3v) is 5.86. The molecule has 1 amide bonds. The Balaban J connectivity index is 2.05. The van der Waals surface area contributed by atoms with Crippen molar-refractivity contribution in [2.24, 2.45) is 14.1 Å². The van der Waals surface area contributed by atoms with Gasteiger partial charge < -0.3 is 25.3 Å².